The minimum absolute atomic E-state index is 0.247. The lowest BCUT2D eigenvalue weighted by Gasteiger charge is -2.28. The summed E-state index contributed by atoms with van der Waals surface area (Å²) < 4.78 is 14.2. The molecular formula is C12H19FN4. The number of hydrogen-bond acceptors (Lipinski definition) is 4. The van der Waals surface area contributed by atoms with Crippen LogP contribution in [0.4, 0.5) is 10.2 Å². The third-order valence-corrected chi connectivity index (χ3v) is 2.86. The number of halogens is 1. The Kier molecular flexibility index (Phi) is 3.89. The minimum Gasteiger partial charge on any atom is -0.352 e. The van der Waals surface area contributed by atoms with Crippen LogP contribution < -0.4 is 10.2 Å². The van der Waals surface area contributed by atoms with Gasteiger partial charge in [0.25, 0.3) is 0 Å². The quantitative estimate of drug-likeness (QED) is 0.859. The van der Waals surface area contributed by atoms with Crippen LogP contribution in [-0.4, -0.2) is 36.1 Å². The van der Waals surface area contributed by atoms with E-state index in [1.807, 2.05) is 4.90 Å². The monoisotopic (exact) mass is 238 g/mol. The van der Waals surface area contributed by atoms with E-state index in [0.29, 0.717) is 23.9 Å². The number of anilines is 1. The van der Waals surface area contributed by atoms with Crippen LogP contribution in [0.25, 0.3) is 0 Å². The average Bonchev–Trinajstić information content (AvgIpc) is 2.32. The number of nitrogens with zero attached hydrogens (tertiary/aromatic N) is 3. The van der Waals surface area contributed by atoms with Gasteiger partial charge in [-0.1, -0.05) is 13.8 Å². The molecule has 0 saturated carbocycles. The van der Waals surface area contributed by atoms with Gasteiger partial charge in [0.1, 0.15) is 6.33 Å². The van der Waals surface area contributed by atoms with Crippen LogP contribution in [0.3, 0.4) is 0 Å². The van der Waals surface area contributed by atoms with Crippen LogP contribution in [0.2, 0.25) is 0 Å². The van der Waals surface area contributed by atoms with E-state index in [9.17, 15) is 4.39 Å². The highest BCUT2D eigenvalue weighted by Gasteiger charge is 2.19. The van der Waals surface area contributed by atoms with Crippen molar-refractivity contribution in [1.82, 2.24) is 15.3 Å². The van der Waals surface area contributed by atoms with Gasteiger partial charge in [-0.25, -0.2) is 14.4 Å². The van der Waals surface area contributed by atoms with Crippen LogP contribution in [0.15, 0.2) is 6.33 Å². The van der Waals surface area contributed by atoms with Crippen LogP contribution in [0.5, 0.6) is 0 Å². The molecule has 2 heterocycles. The third kappa shape index (κ3) is 2.91. The number of rotatable bonds is 3. The van der Waals surface area contributed by atoms with Gasteiger partial charge >= 0.3 is 0 Å². The molecule has 1 aromatic heterocycles. The first kappa shape index (κ1) is 12.2. The second-order valence-electron chi connectivity index (χ2n) is 4.79. The van der Waals surface area contributed by atoms with Crippen LogP contribution in [-0.2, 0) is 6.42 Å². The molecule has 17 heavy (non-hydrogen) atoms. The molecule has 0 radical (unpaired) electrons. The predicted molar refractivity (Wildman–Crippen MR) is 65.6 cm³/mol. The smallest absolute Gasteiger partial charge is 0.187 e. The van der Waals surface area contributed by atoms with Gasteiger partial charge in [-0.2, -0.15) is 0 Å². The number of nitrogens with one attached hydrogen (secondary N) is 1. The van der Waals surface area contributed by atoms with Gasteiger partial charge in [0, 0.05) is 26.2 Å². The molecular weight excluding hydrogens is 219 g/mol. The molecule has 0 atom stereocenters. The van der Waals surface area contributed by atoms with Gasteiger partial charge in [-0.3, -0.25) is 0 Å². The van der Waals surface area contributed by atoms with Crippen molar-refractivity contribution in [2.45, 2.75) is 20.3 Å². The Labute approximate surface area is 101 Å². The molecule has 1 fully saturated rings. The predicted octanol–water partition coefficient (Wildman–Crippen LogP) is 1.22. The zero-order chi connectivity index (χ0) is 12.3. The second-order valence-corrected chi connectivity index (χ2v) is 4.79. The molecule has 4 nitrogen and oxygen atoms in total. The summed E-state index contributed by atoms with van der Waals surface area (Å²) in [6.45, 7) is 7.48. The zero-order valence-corrected chi connectivity index (χ0v) is 10.4. The Hall–Kier alpha value is -1.23. The van der Waals surface area contributed by atoms with E-state index in [1.54, 1.807) is 0 Å². The van der Waals surface area contributed by atoms with Crippen molar-refractivity contribution in [3.8, 4) is 0 Å². The van der Waals surface area contributed by atoms with Gasteiger partial charge in [0.05, 0.1) is 5.69 Å². The standard InChI is InChI=1S/C12H19FN4/c1-9(2)7-10-11(13)12(16-8-15-10)17-5-3-14-4-6-17/h8-9,14H,3-7H2,1-2H3. The molecule has 2 rings (SSSR count). The van der Waals surface area contributed by atoms with Crippen LogP contribution >= 0.6 is 0 Å². The van der Waals surface area contributed by atoms with E-state index in [0.717, 1.165) is 26.2 Å². The van der Waals surface area contributed by atoms with Crippen molar-refractivity contribution in [3.63, 3.8) is 0 Å². The summed E-state index contributed by atoms with van der Waals surface area (Å²) in [5.74, 6) is 0.607. The largest absolute Gasteiger partial charge is 0.352 e. The molecule has 1 saturated heterocycles. The first-order valence-electron chi connectivity index (χ1n) is 6.13. The number of aromatic nitrogens is 2. The molecule has 1 aromatic rings. The van der Waals surface area contributed by atoms with Crippen molar-refractivity contribution in [3.05, 3.63) is 17.8 Å². The lowest BCUT2D eigenvalue weighted by molar-refractivity contribution is 0.531. The molecule has 0 spiro atoms. The molecule has 0 bridgehead atoms. The van der Waals surface area contributed by atoms with E-state index < -0.39 is 0 Å². The molecule has 0 aliphatic carbocycles. The second kappa shape index (κ2) is 5.40. The van der Waals surface area contributed by atoms with Gasteiger partial charge in [-0.05, 0) is 12.3 Å². The van der Waals surface area contributed by atoms with Crippen molar-refractivity contribution >= 4 is 5.82 Å². The molecule has 0 aromatic carbocycles. The maximum absolute atomic E-state index is 14.2. The Bertz CT molecular complexity index is 375. The van der Waals surface area contributed by atoms with Crippen molar-refractivity contribution in [2.24, 2.45) is 5.92 Å². The van der Waals surface area contributed by atoms with Crippen molar-refractivity contribution in [2.75, 3.05) is 31.1 Å². The maximum Gasteiger partial charge on any atom is 0.187 e. The molecule has 94 valence electrons. The summed E-state index contributed by atoms with van der Waals surface area (Å²) in [6, 6.07) is 0. The molecule has 0 amide bonds. The first-order chi connectivity index (χ1) is 8.18. The maximum atomic E-state index is 14.2. The molecule has 1 aliphatic rings. The van der Waals surface area contributed by atoms with E-state index in [1.165, 1.54) is 6.33 Å². The highest BCUT2D eigenvalue weighted by Crippen LogP contribution is 2.20. The summed E-state index contributed by atoms with van der Waals surface area (Å²) in [7, 11) is 0. The van der Waals surface area contributed by atoms with Crippen molar-refractivity contribution < 1.29 is 4.39 Å². The summed E-state index contributed by atoms with van der Waals surface area (Å²) in [6.07, 6.45) is 2.13. The fraction of sp³-hybridized carbons (Fsp3) is 0.667. The van der Waals surface area contributed by atoms with Crippen LogP contribution in [0.1, 0.15) is 19.5 Å². The Morgan fingerprint density at radius 2 is 2.06 bits per heavy atom. The highest BCUT2D eigenvalue weighted by molar-refractivity contribution is 5.41. The van der Waals surface area contributed by atoms with E-state index in [-0.39, 0.29) is 5.82 Å². The third-order valence-electron chi connectivity index (χ3n) is 2.86. The SMILES string of the molecule is CC(C)Cc1ncnc(N2CCNCC2)c1F. The van der Waals surface area contributed by atoms with E-state index in [4.69, 9.17) is 0 Å². The molecule has 1 N–H and O–H groups in total. The van der Waals surface area contributed by atoms with Gasteiger partial charge < -0.3 is 10.2 Å². The minimum atomic E-state index is -0.247. The Balaban J connectivity index is 2.21. The molecule has 1 aliphatic heterocycles. The Morgan fingerprint density at radius 3 is 2.71 bits per heavy atom. The molecule has 5 heteroatoms. The zero-order valence-electron chi connectivity index (χ0n) is 10.4. The summed E-state index contributed by atoms with van der Waals surface area (Å²) in [5.41, 5.74) is 0.531. The number of hydrogen-bond donors (Lipinski definition) is 1. The average molecular weight is 238 g/mol. The summed E-state index contributed by atoms with van der Waals surface area (Å²) >= 11 is 0. The van der Waals surface area contributed by atoms with Crippen LogP contribution in [0, 0.1) is 11.7 Å². The normalized spacial score (nSPS) is 16.6. The Morgan fingerprint density at radius 1 is 1.35 bits per heavy atom. The molecule has 0 unspecified atom stereocenters. The topological polar surface area (TPSA) is 41.1 Å². The lowest BCUT2D eigenvalue weighted by Crippen LogP contribution is -2.44. The van der Waals surface area contributed by atoms with E-state index in [2.05, 4.69) is 29.1 Å². The summed E-state index contributed by atoms with van der Waals surface area (Å²) in [4.78, 5) is 10.1. The van der Waals surface area contributed by atoms with Crippen molar-refractivity contribution in [1.29, 1.82) is 0 Å². The summed E-state index contributed by atoms with van der Waals surface area (Å²) in [5, 5.41) is 3.24. The van der Waals surface area contributed by atoms with Gasteiger partial charge in [-0.15, -0.1) is 0 Å². The van der Waals surface area contributed by atoms with E-state index >= 15 is 0 Å². The number of piperazine rings is 1. The fourth-order valence-corrected chi connectivity index (χ4v) is 2.02. The first-order valence-corrected chi connectivity index (χ1v) is 6.13. The van der Waals surface area contributed by atoms with Gasteiger partial charge in [0.15, 0.2) is 11.6 Å². The van der Waals surface area contributed by atoms with Gasteiger partial charge in [0.2, 0.25) is 0 Å². The highest BCUT2D eigenvalue weighted by atomic mass is 19.1. The fourth-order valence-electron chi connectivity index (χ4n) is 2.02. The lowest BCUT2D eigenvalue weighted by atomic mass is 10.1.